The lowest BCUT2D eigenvalue weighted by Gasteiger charge is -2.30. The second kappa shape index (κ2) is 4.82. The molecule has 1 spiro atoms. The van der Waals surface area contributed by atoms with Crippen molar-refractivity contribution in [2.24, 2.45) is 5.16 Å². The number of carbonyl (C=O) groups excluding carboxylic acids is 1. The molecule has 2 rings (SSSR count). The fourth-order valence-electron chi connectivity index (χ4n) is 2.15. The SMILES string of the molecule is CCCNC(=O)C1=NOC2(CCCNC2)C1. The summed E-state index contributed by atoms with van der Waals surface area (Å²) >= 11 is 0. The van der Waals surface area contributed by atoms with Crippen LogP contribution in [0.15, 0.2) is 5.16 Å². The van der Waals surface area contributed by atoms with Crippen molar-refractivity contribution >= 4 is 11.6 Å². The van der Waals surface area contributed by atoms with Gasteiger partial charge in [-0.25, -0.2) is 0 Å². The summed E-state index contributed by atoms with van der Waals surface area (Å²) in [7, 11) is 0. The maximum absolute atomic E-state index is 11.7. The third-order valence-electron chi connectivity index (χ3n) is 3.07. The summed E-state index contributed by atoms with van der Waals surface area (Å²) in [5.41, 5.74) is 0.286. The van der Waals surface area contributed by atoms with Gasteiger partial charge in [-0.05, 0) is 25.8 Å². The number of rotatable bonds is 3. The standard InChI is InChI=1S/C11H19N3O2/c1-2-5-13-10(15)9-7-11(16-14-9)4-3-6-12-8-11/h12H,2-8H2,1H3,(H,13,15). The topological polar surface area (TPSA) is 62.7 Å². The van der Waals surface area contributed by atoms with E-state index in [0.29, 0.717) is 18.7 Å². The molecule has 0 bridgehead atoms. The first-order valence-electron chi connectivity index (χ1n) is 6.00. The van der Waals surface area contributed by atoms with E-state index in [0.717, 1.165) is 32.4 Å². The first kappa shape index (κ1) is 11.4. The number of oxime groups is 1. The molecule has 1 fully saturated rings. The Morgan fingerprint density at radius 2 is 2.56 bits per heavy atom. The van der Waals surface area contributed by atoms with Gasteiger partial charge in [-0.2, -0.15) is 0 Å². The van der Waals surface area contributed by atoms with Gasteiger partial charge in [-0.15, -0.1) is 0 Å². The predicted octanol–water partition coefficient (Wildman–Crippen LogP) is 0.411. The van der Waals surface area contributed by atoms with Gasteiger partial charge in [0.25, 0.3) is 5.91 Å². The minimum absolute atomic E-state index is 0.0794. The summed E-state index contributed by atoms with van der Waals surface area (Å²) < 4.78 is 0. The average molecular weight is 225 g/mol. The molecule has 5 heteroatoms. The molecule has 5 nitrogen and oxygen atoms in total. The zero-order valence-electron chi connectivity index (χ0n) is 9.71. The summed E-state index contributed by atoms with van der Waals surface area (Å²) in [6, 6.07) is 0. The Labute approximate surface area is 95.6 Å². The summed E-state index contributed by atoms with van der Waals surface area (Å²) in [4.78, 5) is 17.1. The van der Waals surface area contributed by atoms with Crippen molar-refractivity contribution in [1.29, 1.82) is 0 Å². The summed E-state index contributed by atoms with van der Waals surface area (Å²) in [6.07, 6.45) is 3.63. The Morgan fingerprint density at radius 1 is 1.69 bits per heavy atom. The molecule has 2 N–H and O–H groups in total. The van der Waals surface area contributed by atoms with Crippen LogP contribution in [-0.2, 0) is 9.63 Å². The van der Waals surface area contributed by atoms with Crippen LogP contribution in [0.25, 0.3) is 0 Å². The molecule has 0 saturated carbocycles. The van der Waals surface area contributed by atoms with Crippen LogP contribution in [0.5, 0.6) is 0 Å². The fourth-order valence-corrected chi connectivity index (χ4v) is 2.15. The molecule has 0 aromatic rings. The van der Waals surface area contributed by atoms with E-state index < -0.39 is 0 Å². The van der Waals surface area contributed by atoms with Gasteiger partial charge < -0.3 is 15.5 Å². The molecule has 1 saturated heterocycles. The maximum Gasteiger partial charge on any atom is 0.269 e. The van der Waals surface area contributed by atoms with Crippen LogP contribution < -0.4 is 10.6 Å². The molecule has 0 aromatic carbocycles. The summed E-state index contributed by atoms with van der Waals surface area (Å²) in [5.74, 6) is -0.0794. The minimum atomic E-state index is -0.253. The molecule has 0 aromatic heterocycles. The van der Waals surface area contributed by atoms with Gasteiger partial charge in [-0.1, -0.05) is 12.1 Å². The van der Waals surface area contributed by atoms with Gasteiger partial charge >= 0.3 is 0 Å². The van der Waals surface area contributed by atoms with Gasteiger partial charge in [0.15, 0.2) is 5.60 Å². The largest absolute Gasteiger partial charge is 0.387 e. The number of amides is 1. The lowest BCUT2D eigenvalue weighted by Crippen LogP contribution is -2.46. The van der Waals surface area contributed by atoms with Crippen molar-refractivity contribution in [3.8, 4) is 0 Å². The summed E-state index contributed by atoms with van der Waals surface area (Å²) in [5, 5.41) is 10.0. The average Bonchev–Trinajstić information content (AvgIpc) is 2.71. The highest BCUT2D eigenvalue weighted by atomic mass is 16.7. The Morgan fingerprint density at radius 3 is 3.25 bits per heavy atom. The normalized spacial score (nSPS) is 28.7. The van der Waals surface area contributed by atoms with Crippen LogP contribution >= 0.6 is 0 Å². The van der Waals surface area contributed by atoms with Crippen LogP contribution in [0.3, 0.4) is 0 Å². The Bertz CT molecular complexity index is 296. The van der Waals surface area contributed by atoms with Crippen molar-refractivity contribution in [1.82, 2.24) is 10.6 Å². The number of hydrogen-bond acceptors (Lipinski definition) is 4. The van der Waals surface area contributed by atoms with E-state index in [9.17, 15) is 4.79 Å². The first-order valence-corrected chi connectivity index (χ1v) is 6.00. The zero-order valence-corrected chi connectivity index (χ0v) is 9.71. The Balaban J connectivity index is 1.88. The Hall–Kier alpha value is -1.10. The zero-order chi connectivity index (χ0) is 11.4. The van der Waals surface area contributed by atoms with E-state index in [1.54, 1.807) is 0 Å². The number of carbonyl (C=O) groups is 1. The molecule has 16 heavy (non-hydrogen) atoms. The molecule has 0 radical (unpaired) electrons. The monoisotopic (exact) mass is 225 g/mol. The van der Waals surface area contributed by atoms with Crippen LogP contribution in [0.1, 0.15) is 32.6 Å². The Kier molecular flexibility index (Phi) is 3.43. The third kappa shape index (κ3) is 2.35. The van der Waals surface area contributed by atoms with E-state index in [1.807, 2.05) is 6.92 Å². The van der Waals surface area contributed by atoms with Crippen LogP contribution in [-0.4, -0.2) is 36.9 Å². The molecule has 2 heterocycles. The third-order valence-corrected chi connectivity index (χ3v) is 3.07. The first-order chi connectivity index (χ1) is 7.76. The van der Waals surface area contributed by atoms with Gasteiger partial charge in [-0.3, -0.25) is 4.79 Å². The van der Waals surface area contributed by atoms with E-state index in [1.165, 1.54) is 0 Å². The number of hydrogen-bond donors (Lipinski definition) is 2. The van der Waals surface area contributed by atoms with E-state index in [2.05, 4.69) is 15.8 Å². The van der Waals surface area contributed by atoms with Crippen molar-refractivity contribution in [3.05, 3.63) is 0 Å². The van der Waals surface area contributed by atoms with E-state index in [4.69, 9.17) is 4.84 Å². The molecule has 1 amide bonds. The van der Waals surface area contributed by atoms with Crippen LogP contribution in [0.2, 0.25) is 0 Å². The number of nitrogens with one attached hydrogen (secondary N) is 2. The van der Waals surface area contributed by atoms with E-state index in [-0.39, 0.29) is 11.5 Å². The van der Waals surface area contributed by atoms with Crippen molar-refractivity contribution in [2.75, 3.05) is 19.6 Å². The lowest BCUT2D eigenvalue weighted by atomic mass is 9.89. The molecule has 90 valence electrons. The summed E-state index contributed by atoms with van der Waals surface area (Å²) in [6.45, 7) is 4.55. The highest BCUT2D eigenvalue weighted by molar-refractivity contribution is 6.39. The van der Waals surface area contributed by atoms with Crippen molar-refractivity contribution in [2.45, 2.75) is 38.2 Å². The maximum atomic E-state index is 11.7. The minimum Gasteiger partial charge on any atom is -0.387 e. The smallest absolute Gasteiger partial charge is 0.269 e. The molecular formula is C11H19N3O2. The predicted molar refractivity (Wildman–Crippen MR) is 61.3 cm³/mol. The number of nitrogens with zero attached hydrogens (tertiary/aromatic N) is 1. The highest BCUT2D eigenvalue weighted by Crippen LogP contribution is 2.30. The molecule has 2 aliphatic rings. The number of piperidine rings is 1. The fraction of sp³-hybridized carbons (Fsp3) is 0.818. The van der Waals surface area contributed by atoms with E-state index >= 15 is 0 Å². The van der Waals surface area contributed by atoms with Gasteiger partial charge in [0, 0.05) is 19.5 Å². The highest BCUT2D eigenvalue weighted by Gasteiger charge is 2.42. The van der Waals surface area contributed by atoms with Gasteiger partial charge in [0.1, 0.15) is 5.71 Å². The van der Waals surface area contributed by atoms with Gasteiger partial charge in [0.05, 0.1) is 0 Å². The lowest BCUT2D eigenvalue weighted by molar-refractivity contribution is -0.114. The second-order valence-corrected chi connectivity index (χ2v) is 4.53. The van der Waals surface area contributed by atoms with Crippen LogP contribution in [0, 0.1) is 0 Å². The van der Waals surface area contributed by atoms with Gasteiger partial charge in [0.2, 0.25) is 0 Å². The molecule has 1 unspecified atom stereocenters. The quantitative estimate of drug-likeness (QED) is 0.731. The molecule has 0 aliphatic carbocycles. The molecule has 2 aliphatic heterocycles. The molecular weight excluding hydrogens is 206 g/mol. The van der Waals surface area contributed by atoms with Crippen molar-refractivity contribution < 1.29 is 9.63 Å². The second-order valence-electron chi connectivity index (χ2n) is 4.53. The van der Waals surface area contributed by atoms with Crippen LogP contribution in [0.4, 0.5) is 0 Å². The van der Waals surface area contributed by atoms with Crippen molar-refractivity contribution in [3.63, 3.8) is 0 Å². The molecule has 1 atom stereocenters.